The molecule has 1 saturated heterocycles. The van der Waals surface area contributed by atoms with Crippen LogP contribution in [0.5, 0.6) is 0 Å². The highest BCUT2D eigenvalue weighted by molar-refractivity contribution is 7.16. The van der Waals surface area contributed by atoms with Crippen LogP contribution in [-0.2, 0) is 6.61 Å². The molecule has 1 fully saturated rings. The van der Waals surface area contributed by atoms with Gasteiger partial charge in [0, 0.05) is 12.6 Å². The minimum Gasteiger partial charge on any atom is -0.391 e. The summed E-state index contributed by atoms with van der Waals surface area (Å²) >= 11 is 7.49. The van der Waals surface area contributed by atoms with Crippen LogP contribution in [0.15, 0.2) is 0 Å². The molecule has 1 aromatic heterocycles. The van der Waals surface area contributed by atoms with E-state index in [-0.39, 0.29) is 6.61 Å². The molecule has 1 aromatic rings. The summed E-state index contributed by atoms with van der Waals surface area (Å²) in [7, 11) is 0. The lowest BCUT2D eigenvalue weighted by molar-refractivity contribution is 0.285. The number of anilines is 1. The molecule has 0 aliphatic carbocycles. The minimum absolute atomic E-state index is 0.0128. The van der Waals surface area contributed by atoms with Gasteiger partial charge in [-0.1, -0.05) is 29.9 Å². The normalized spacial score (nSPS) is 21.4. The number of piperidine rings is 1. The summed E-state index contributed by atoms with van der Waals surface area (Å²) in [5.74, 6) is 0. The van der Waals surface area contributed by atoms with Crippen molar-refractivity contribution >= 4 is 28.1 Å². The molecule has 1 aliphatic rings. The molecule has 0 aromatic carbocycles. The van der Waals surface area contributed by atoms with Crippen molar-refractivity contribution in [3.05, 3.63) is 10.0 Å². The fraction of sp³-hybridized carbons (Fsp3) is 0.727. The molecule has 1 unspecified atom stereocenters. The second kappa shape index (κ2) is 5.34. The SMILES string of the molecule is CCC1CCCCN1c1nc(Cl)c(CO)s1. The van der Waals surface area contributed by atoms with E-state index < -0.39 is 0 Å². The first-order valence-electron chi connectivity index (χ1n) is 5.79. The van der Waals surface area contributed by atoms with Crippen molar-refractivity contribution in [1.29, 1.82) is 0 Å². The van der Waals surface area contributed by atoms with Crippen molar-refractivity contribution in [2.24, 2.45) is 0 Å². The average molecular weight is 261 g/mol. The zero-order valence-electron chi connectivity index (χ0n) is 9.45. The maximum absolute atomic E-state index is 9.12. The highest BCUT2D eigenvalue weighted by atomic mass is 35.5. The Hall–Kier alpha value is -0.320. The van der Waals surface area contributed by atoms with E-state index >= 15 is 0 Å². The molecule has 0 saturated carbocycles. The van der Waals surface area contributed by atoms with Gasteiger partial charge < -0.3 is 10.0 Å². The van der Waals surface area contributed by atoms with E-state index in [4.69, 9.17) is 16.7 Å². The second-order valence-corrected chi connectivity index (χ2v) is 5.54. The summed E-state index contributed by atoms with van der Waals surface area (Å²) in [5.41, 5.74) is 0. The van der Waals surface area contributed by atoms with Crippen LogP contribution in [0.3, 0.4) is 0 Å². The van der Waals surface area contributed by atoms with Gasteiger partial charge in [-0.25, -0.2) is 4.98 Å². The molecule has 16 heavy (non-hydrogen) atoms. The largest absolute Gasteiger partial charge is 0.391 e. The van der Waals surface area contributed by atoms with E-state index in [0.717, 1.165) is 23.0 Å². The Balaban J connectivity index is 2.20. The van der Waals surface area contributed by atoms with Gasteiger partial charge in [0.2, 0.25) is 0 Å². The molecule has 90 valence electrons. The van der Waals surface area contributed by atoms with Crippen molar-refractivity contribution in [3.63, 3.8) is 0 Å². The van der Waals surface area contributed by atoms with E-state index in [2.05, 4.69) is 16.8 Å². The van der Waals surface area contributed by atoms with Crippen LogP contribution in [0.1, 0.15) is 37.5 Å². The molecule has 2 rings (SSSR count). The Morgan fingerprint density at radius 1 is 1.56 bits per heavy atom. The van der Waals surface area contributed by atoms with E-state index in [1.165, 1.54) is 30.6 Å². The zero-order valence-corrected chi connectivity index (χ0v) is 11.0. The van der Waals surface area contributed by atoms with E-state index in [9.17, 15) is 0 Å². The number of thiazole rings is 1. The van der Waals surface area contributed by atoms with Gasteiger partial charge in [-0.15, -0.1) is 0 Å². The van der Waals surface area contributed by atoms with Crippen molar-refractivity contribution < 1.29 is 5.11 Å². The fourth-order valence-corrected chi connectivity index (χ4v) is 3.43. The van der Waals surface area contributed by atoms with Crippen LogP contribution in [0.25, 0.3) is 0 Å². The van der Waals surface area contributed by atoms with Crippen LogP contribution >= 0.6 is 22.9 Å². The first-order chi connectivity index (χ1) is 7.76. The maximum atomic E-state index is 9.12. The quantitative estimate of drug-likeness (QED) is 0.908. The van der Waals surface area contributed by atoms with Gasteiger partial charge in [-0.05, 0) is 25.7 Å². The van der Waals surface area contributed by atoms with Crippen LogP contribution in [0.2, 0.25) is 5.15 Å². The lowest BCUT2D eigenvalue weighted by Gasteiger charge is -2.34. The molecule has 1 N–H and O–H groups in total. The molecule has 2 heterocycles. The Kier molecular flexibility index (Phi) is 4.05. The Bertz CT molecular complexity index is 356. The Morgan fingerprint density at radius 2 is 2.38 bits per heavy atom. The number of rotatable bonds is 3. The number of hydrogen-bond donors (Lipinski definition) is 1. The van der Waals surface area contributed by atoms with Gasteiger partial charge >= 0.3 is 0 Å². The van der Waals surface area contributed by atoms with Crippen molar-refractivity contribution in [2.75, 3.05) is 11.4 Å². The predicted molar refractivity (Wildman–Crippen MR) is 68.3 cm³/mol. The van der Waals surface area contributed by atoms with Gasteiger partial charge in [0.1, 0.15) is 5.15 Å². The standard InChI is InChI=1S/C11H17ClN2OS/c1-2-8-5-3-4-6-14(8)11-13-10(12)9(7-15)16-11/h8,15H,2-7H2,1H3. The first kappa shape index (κ1) is 12.1. The number of aliphatic hydroxyl groups excluding tert-OH is 1. The monoisotopic (exact) mass is 260 g/mol. The van der Waals surface area contributed by atoms with Crippen LogP contribution in [0, 0.1) is 0 Å². The van der Waals surface area contributed by atoms with Gasteiger partial charge in [0.05, 0.1) is 11.5 Å². The summed E-state index contributed by atoms with van der Waals surface area (Å²) in [6, 6.07) is 0.586. The van der Waals surface area contributed by atoms with Crippen molar-refractivity contribution in [3.8, 4) is 0 Å². The van der Waals surface area contributed by atoms with Gasteiger partial charge in [0.25, 0.3) is 0 Å². The predicted octanol–water partition coefficient (Wildman–Crippen LogP) is 3.06. The number of hydrogen-bond acceptors (Lipinski definition) is 4. The fourth-order valence-electron chi connectivity index (χ4n) is 2.22. The number of halogens is 1. The van der Waals surface area contributed by atoms with Crippen LogP contribution < -0.4 is 4.90 Å². The third kappa shape index (κ3) is 2.34. The third-order valence-electron chi connectivity index (χ3n) is 3.13. The summed E-state index contributed by atoms with van der Waals surface area (Å²) in [4.78, 5) is 7.47. The van der Waals surface area contributed by atoms with Crippen LogP contribution in [0.4, 0.5) is 5.13 Å². The summed E-state index contributed by atoms with van der Waals surface area (Å²) < 4.78 is 0. The number of aromatic nitrogens is 1. The maximum Gasteiger partial charge on any atom is 0.187 e. The molecule has 0 radical (unpaired) electrons. The topological polar surface area (TPSA) is 36.4 Å². The van der Waals surface area contributed by atoms with E-state index in [0.29, 0.717) is 11.2 Å². The smallest absolute Gasteiger partial charge is 0.187 e. The Morgan fingerprint density at radius 3 is 3.00 bits per heavy atom. The van der Waals surface area contributed by atoms with Gasteiger partial charge in [-0.2, -0.15) is 0 Å². The number of aliphatic hydroxyl groups is 1. The molecular formula is C11H17ClN2OS. The molecule has 5 heteroatoms. The van der Waals surface area contributed by atoms with Crippen molar-refractivity contribution in [2.45, 2.75) is 45.3 Å². The highest BCUT2D eigenvalue weighted by Crippen LogP contribution is 2.33. The molecule has 0 spiro atoms. The van der Waals surface area contributed by atoms with Crippen molar-refractivity contribution in [1.82, 2.24) is 4.98 Å². The third-order valence-corrected chi connectivity index (χ3v) is 4.63. The number of nitrogens with zero attached hydrogens (tertiary/aromatic N) is 2. The van der Waals surface area contributed by atoms with Crippen LogP contribution in [-0.4, -0.2) is 22.7 Å². The van der Waals surface area contributed by atoms with Gasteiger partial charge in [-0.3, -0.25) is 0 Å². The van der Waals surface area contributed by atoms with E-state index in [1.54, 1.807) is 0 Å². The molecule has 0 amide bonds. The molecule has 0 bridgehead atoms. The first-order valence-corrected chi connectivity index (χ1v) is 6.98. The summed E-state index contributed by atoms with van der Waals surface area (Å²) in [6.07, 6.45) is 4.91. The Labute approximate surface area is 105 Å². The van der Waals surface area contributed by atoms with E-state index in [1.807, 2.05) is 0 Å². The molecular weight excluding hydrogens is 244 g/mol. The second-order valence-electron chi connectivity index (χ2n) is 4.12. The van der Waals surface area contributed by atoms with Gasteiger partial charge in [0.15, 0.2) is 5.13 Å². The summed E-state index contributed by atoms with van der Waals surface area (Å²) in [6.45, 7) is 3.26. The minimum atomic E-state index is -0.0128. The molecule has 3 nitrogen and oxygen atoms in total. The highest BCUT2D eigenvalue weighted by Gasteiger charge is 2.24. The lowest BCUT2D eigenvalue weighted by Crippen LogP contribution is -2.39. The zero-order chi connectivity index (χ0) is 11.5. The molecule has 1 aliphatic heterocycles. The molecule has 1 atom stereocenters. The summed E-state index contributed by atoms with van der Waals surface area (Å²) in [5, 5.41) is 10.6. The average Bonchev–Trinajstić information content (AvgIpc) is 2.70. The lowest BCUT2D eigenvalue weighted by atomic mass is 10.0.